The Bertz CT molecular complexity index is 609. The minimum absolute atomic E-state index is 0.230. The van der Waals surface area contributed by atoms with E-state index in [1.807, 2.05) is 25.1 Å². The molecule has 1 aliphatic heterocycles. The summed E-state index contributed by atoms with van der Waals surface area (Å²) in [6, 6.07) is 10.8. The minimum Gasteiger partial charge on any atom is -0.388 e. The van der Waals surface area contributed by atoms with Gasteiger partial charge in [-0.05, 0) is 36.2 Å². The molecule has 1 aliphatic rings. The van der Waals surface area contributed by atoms with Crippen molar-refractivity contribution < 1.29 is 9.50 Å². The molecule has 0 fully saturated rings. The number of aryl methyl sites for hydroxylation is 1. The fraction of sp³-hybridized carbons (Fsp3) is 0.200. The highest BCUT2D eigenvalue weighted by Crippen LogP contribution is 2.41. The maximum absolute atomic E-state index is 13.3. The van der Waals surface area contributed by atoms with Crippen LogP contribution in [0.25, 0.3) is 0 Å². The number of halogens is 1. The van der Waals surface area contributed by atoms with Crippen LogP contribution in [-0.2, 0) is 6.42 Å². The minimum atomic E-state index is -0.515. The predicted octanol–water partition coefficient (Wildman–Crippen LogP) is 3.87. The van der Waals surface area contributed by atoms with E-state index in [4.69, 9.17) is 0 Å². The van der Waals surface area contributed by atoms with Crippen molar-refractivity contribution in [2.75, 3.05) is 0 Å². The Morgan fingerprint density at radius 3 is 2.83 bits per heavy atom. The fourth-order valence-corrected chi connectivity index (χ4v) is 3.39. The van der Waals surface area contributed by atoms with Gasteiger partial charge in [0.1, 0.15) is 5.82 Å². The number of rotatable bonds is 0. The largest absolute Gasteiger partial charge is 0.388 e. The van der Waals surface area contributed by atoms with Crippen LogP contribution < -0.4 is 0 Å². The first kappa shape index (κ1) is 11.8. The maximum atomic E-state index is 13.3. The summed E-state index contributed by atoms with van der Waals surface area (Å²) in [5, 5.41) is 10.3. The van der Waals surface area contributed by atoms with E-state index < -0.39 is 6.10 Å². The summed E-state index contributed by atoms with van der Waals surface area (Å²) >= 11 is 1.53. The molecule has 92 valence electrons. The van der Waals surface area contributed by atoms with Crippen LogP contribution in [0.5, 0.6) is 0 Å². The molecule has 0 radical (unpaired) electrons. The van der Waals surface area contributed by atoms with Crippen LogP contribution in [0.1, 0.15) is 22.8 Å². The van der Waals surface area contributed by atoms with E-state index in [0.29, 0.717) is 6.42 Å². The third kappa shape index (κ3) is 2.04. The highest BCUT2D eigenvalue weighted by atomic mass is 32.2. The molecule has 0 bridgehead atoms. The molecule has 0 aliphatic carbocycles. The van der Waals surface area contributed by atoms with E-state index in [1.165, 1.54) is 17.8 Å². The van der Waals surface area contributed by atoms with Crippen LogP contribution in [0.2, 0.25) is 0 Å². The Labute approximate surface area is 110 Å². The van der Waals surface area contributed by atoms with E-state index >= 15 is 0 Å². The van der Waals surface area contributed by atoms with Crippen molar-refractivity contribution in [2.45, 2.75) is 29.2 Å². The highest BCUT2D eigenvalue weighted by molar-refractivity contribution is 7.99. The van der Waals surface area contributed by atoms with Crippen LogP contribution in [0.4, 0.5) is 4.39 Å². The quantitative estimate of drug-likeness (QED) is 0.776. The molecule has 3 rings (SSSR count). The van der Waals surface area contributed by atoms with Crippen LogP contribution >= 0.6 is 11.8 Å². The van der Waals surface area contributed by atoms with E-state index in [2.05, 4.69) is 0 Å². The first-order valence-corrected chi connectivity index (χ1v) is 6.70. The maximum Gasteiger partial charge on any atom is 0.124 e. The summed E-state index contributed by atoms with van der Waals surface area (Å²) in [6.07, 6.45) is 0.0260. The lowest BCUT2D eigenvalue weighted by atomic mass is 10.0. The molecule has 1 N–H and O–H groups in total. The summed E-state index contributed by atoms with van der Waals surface area (Å²) < 4.78 is 13.3. The summed E-state index contributed by atoms with van der Waals surface area (Å²) in [4.78, 5) is 1.91. The zero-order valence-electron chi connectivity index (χ0n) is 9.98. The summed E-state index contributed by atoms with van der Waals surface area (Å²) in [7, 11) is 0. The molecule has 2 aromatic rings. The third-order valence-corrected chi connectivity index (χ3v) is 4.38. The summed E-state index contributed by atoms with van der Waals surface area (Å²) in [5.74, 6) is -0.230. The third-order valence-electron chi connectivity index (χ3n) is 3.19. The van der Waals surface area contributed by atoms with Crippen LogP contribution in [0.15, 0.2) is 46.2 Å². The Morgan fingerprint density at radius 1 is 1.17 bits per heavy atom. The second-order valence-corrected chi connectivity index (χ2v) is 5.70. The van der Waals surface area contributed by atoms with Crippen molar-refractivity contribution in [3.63, 3.8) is 0 Å². The first-order chi connectivity index (χ1) is 8.63. The van der Waals surface area contributed by atoms with Crippen molar-refractivity contribution in [3.05, 3.63) is 58.9 Å². The van der Waals surface area contributed by atoms with Gasteiger partial charge in [-0.15, -0.1) is 0 Å². The van der Waals surface area contributed by atoms with Gasteiger partial charge in [-0.1, -0.05) is 35.5 Å². The first-order valence-electron chi connectivity index (χ1n) is 5.88. The lowest BCUT2D eigenvalue weighted by Gasteiger charge is -2.11. The van der Waals surface area contributed by atoms with Gasteiger partial charge in [-0.25, -0.2) is 4.39 Å². The molecule has 3 heteroatoms. The monoisotopic (exact) mass is 260 g/mol. The number of hydrogen-bond acceptors (Lipinski definition) is 2. The van der Waals surface area contributed by atoms with Crippen LogP contribution in [-0.4, -0.2) is 5.11 Å². The molecule has 0 amide bonds. The molecule has 18 heavy (non-hydrogen) atoms. The Hall–Kier alpha value is -1.32. The normalized spacial score (nSPS) is 17.8. The Morgan fingerprint density at radius 2 is 2.00 bits per heavy atom. The van der Waals surface area contributed by atoms with Gasteiger partial charge in [-0.3, -0.25) is 0 Å². The Balaban J connectivity index is 2.14. The van der Waals surface area contributed by atoms with E-state index in [9.17, 15) is 9.50 Å². The number of benzene rings is 2. The van der Waals surface area contributed by atoms with Crippen LogP contribution in [0.3, 0.4) is 0 Å². The van der Waals surface area contributed by atoms with E-state index in [0.717, 1.165) is 26.5 Å². The smallest absolute Gasteiger partial charge is 0.124 e. The standard InChI is InChI=1S/C15H13FOS/c1-9-2-5-14-12(6-9)13(17)7-10-3-4-11(16)8-15(10)18-14/h2-6,8,13,17H,7H2,1H3. The molecule has 0 saturated heterocycles. The number of fused-ring (bicyclic) bond motifs is 2. The number of aliphatic hydroxyl groups is 1. The highest BCUT2D eigenvalue weighted by Gasteiger charge is 2.21. The van der Waals surface area contributed by atoms with Crippen molar-refractivity contribution >= 4 is 11.8 Å². The van der Waals surface area contributed by atoms with Gasteiger partial charge in [0.15, 0.2) is 0 Å². The molecule has 1 atom stereocenters. The second kappa shape index (κ2) is 4.41. The van der Waals surface area contributed by atoms with Crippen molar-refractivity contribution in [3.8, 4) is 0 Å². The number of hydrogen-bond donors (Lipinski definition) is 1. The fourth-order valence-electron chi connectivity index (χ4n) is 2.25. The zero-order chi connectivity index (χ0) is 12.7. The van der Waals surface area contributed by atoms with Gasteiger partial charge in [0, 0.05) is 16.2 Å². The molecular formula is C15H13FOS. The molecule has 0 spiro atoms. The van der Waals surface area contributed by atoms with Gasteiger partial charge in [-0.2, -0.15) is 0 Å². The average molecular weight is 260 g/mol. The van der Waals surface area contributed by atoms with Crippen molar-refractivity contribution in [2.24, 2.45) is 0 Å². The topological polar surface area (TPSA) is 20.2 Å². The van der Waals surface area contributed by atoms with Crippen molar-refractivity contribution in [1.82, 2.24) is 0 Å². The summed E-state index contributed by atoms with van der Waals surface area (Å²) in [6.45, 7) is 2.01. The van der Waals surface area contributed by atoms with Gasteiger partial charge < -0.3 is 5.11 Å². The molecule has 0 aromatic heterocycles. The van der Waals surface area contributed by atoms with Crippen LogP contribution in [0, 0.1) is 12.7 Å². The lowest BCUT2D eigenvalue weighted by molar-refractivity contribution is 0.175. The molecule has 1 unspecified atom stereocenters. The molecule has 1 nitrogen and oxygen atoms in total. The molecule has 2 aromatic carbocycles. The SMILES string of the molecule is Cc1ccc2c(c1)C(O)Cc1ccc(F)cc1S2. The average Bonchev–Trinajstić information content (AvgIpc) is 2.46. The number of aliphatic hydroxyl groups excluding tert-OH is 1. The predicted molar refractivity (Wildman–Crippen MR) is 70.4 cm³/mol. The lowest BCUT2D eigenvalue weighted by Crippen LogP contribution is -2.01. The van der Waals surface area contributed by atoms with E-state index in [1.54, 1.807) is 12.1 Å². The molecular weight excluding hydrogens is 247 g/mol. The van der Waals surface area contributed by atoms with Gasteiger partial charge in [0.25, 0.3) is 0 Å². The molecule has 0 saturated carbocycles. The van der Waals surface area contributed by atoms with Crippen molar-refractivity contribution in [1.29, 1.82) is 0 Å². The van der Waals surface area contributed by atoms with Gasteiger partial charge >= 0.3 is 0 Å². The second-order valence-electron chi connectivity index (χ2n) is 4.62. The van der Waals surface area contributed by atoms with E-state index in [-0.39, 0.29) is 5.82 Å². The van der Waals surface area contributed by atoms with Gasteiger partial charge in [0.2, 0.25) is 0 Å². The molecule has 1 heterocycles. The summed E-state index contributed by atoms with van der Waals surface area (Å²) in [5.41, 5.74) is 3.07. The zero-order valence-corrected chi connectivity index (χ0v) is 10.8. The van der Waals surface area contributed by atoms with Gasteiger partial charge in [0.05, 0.1) is 6.10 Å². The Kier molecular flexibility index (Phi) is 2.88.